The van der Waals surface area contributed by atoms with E-state index in [1.54, 1.807) is 5.01 Å². The second kappa shape index (κ2) is 4.28. The lowest BCUT2D eigenvalue weighted by atomic mass is 10.3. The molecule has 0 spiro atoms. The summed E-state index contributed by atoms with van der Waals surface area (Å²) in [7, 11) is 0. The van der Waals surface area contributed by atoms with Gasteiger partial charge in [-0.25, -0.2) is 5.01 Å². The monoisotopic (exact) mass is 211 g/mol. The third kappa shape index (κ3) is 2.25. The number of aromatic amines is 1. The fourth-order valence-corrected chi connectivity index (χ4v) is 1.35. The van der Waals surface area contributed by atoms with Crippen LogP contribution in [0.5, 0.6) is 0 Å². The molecule has 2 heterocycles. The molecule has 4 N–H and O–H groups in total. The average molecular weight is 211 g/mol. The van der Waals surface area contributed by atoms with Crippen molar-refractivity contribution in [2.45, 2.75) is 0 Å². The summed E-state index contributed by atoms with van der Waals surface area (Å²) in [6.07, 6.45) is 1.41. The van der Waals surface area contributed by atoms with Crippen LogP contribution in [0, 0.1) is 0 Å². The second-order valence-corrected chi connectivity index (χ2v) is 3.24. The Morgan fingerprint density at radius 1 is 1.60 bits per heavy atom. The van der Waals surface area contributed by atoms with Gasteiger partial charge >= 0.3 is 0 Å². The molecule has 7 heteroatoms. The van der Waals surface area contributed by atoms with Crippen LogP contribution in [0.25, 0.3) is 0 Å². The molecule has 7 nitrogen and oxygen atoms in total. The number of nitrogens with two attached hydrogens (primary N) is 1. The van der Waals surface area contributed by atoms with Crippen LogP contribution >= 0.6 is 0 Å². The van der Waals surface area contributed by atoms with Gasteiger partial charge in [-0.15, -0.1) is 0 Å². The predicted molar refractivity (Wildman–Crippen MR) is 52.9 cm³/mol. The number of hydrogen-bond donors (Lipinski definition) is 3. The zero-order chi connectivity index (χ0) is 10.7. The number of H-pyrrole nitrogens is 1. The number of aromatic nitrogens is 2. The second-order valence-electron chi connectivity index (χ2n) is 3.24. The number of carbonyl (C=O) groups is 1. The molecule has 82 valence electrons. The molecule has 2 rings (SSSR count). The molecule has 0 unspecified atom stereocenters. The van der Waals surface area contributed by atoms with E-state index in [1.807, 2.05) is 0 Å². The third-order valence-corrected chi connectivity index (χ3v) is 2.17. The van der Waals surface area contributed by atoms with Gasteiger partial charge < -0.3 is 10.5 Å². The van der Waals surface area contributed by atoms with Crippen molar-refractivity contribution in [3.63, 3.8) is 0 Å². The van der Waals surface area contributed by atoms with Crippen molar-refractivity contribution in [3.8, 4) is 0 Å². The normalized spacial score (nSPS) is 17.6. The van der Waals surface area contributed by atoms with Gasteiger partial charge in [-0.05, 0) is 0 Å². The minimum Gasteiger partial charge on any atom is -0.396 e. The van der Waals surface area contributed by atoms with Crippen molar-refractivity contribution < 1.29 is 9.53 Å². The molecule has 15 heavy (non-hydrogen) atoms. The van der Waals surface area contributed by atoms with E-state index >= 15 is 0 Å². The maximum absolute atomic E-state index is 11.6. The van der Waals surface area contributed by atoms with Crippen molar-refractivity contribution in [2.24, 2.45) is 0 Å². The Morgan fingerprint density at radius 2 is 2.33 bits per heavy atom. The van der Waals surface area contributed by atoms with Gasteiger partial charge in [0.25, 0.3) is 5.91 Å². The standard InChI is InChI=1S/C8H13N5O2/c9-6-5-10-11-7(6)8(14)12-13-1-3-15-4-2-13/h5H,1-4,9H2,(H,10,11)(H,12,14). The van der Waals surface area contributed by atoms with Crippen LogP contribution in [-0.2, 0) is 4.74 Å². The number of morpholine rings is 1. The van der Waals surface area contributed by atoms with E-state index in [9.17, 15) is 4.79 Å². The highest BCUT2D eigenvalue weighted by atomic mass is 16.5. The van der Waals surface area contributed by atoms with Crippen LogP contribution in [0.3, 0.4) is 0 Å². The first kappa shape index (κ1) is 9.94. The number of carbonyl (C=O) groups excluding carboxylic acids is 1. The maximum Gasteiger partial charge on any atom is 0.285 e. The van der Waals surface area contributed by atoms with Gasteiger partial charge in [0.05, 0.1) is 25.1 Å². The molecule has 1 saturated heterocycles. The molecular weight excluding hydrogens is 198 g/mol. The third-order valence-electron chi connectivity index (χ3n) is 2.17. The molecule has 0 aliphatic carbocycles. The van der Waals surface area contributed by atoms with Crippen molar-refractivity contribution in [1.82, 2.24) is 20.6 Å². The van der Waals surface area contributed by atoms with E-state index in [0.29, 0.717) is 37.7 Å². The molecule has 1 aliphatic heterocycles. The van der Waals surface area contributed by atoms with Crippen molar-refractivity contribution in [1.29, 1.82) is 0 Å². The summed E-state index contributed by atoms with van der Waals surface area (Å²) >= 11 is 0. The van der Waals surface area contributed by atoms with E-state index in [1.165, 1.54) is 6.20 Å². The zero-order valence-electron chi connectivity index (χ0n) is 8.19. The van der Waals surface area contributed by atoms with Crippen molar-refractivity contribution >= 4 is 11.6 Å². The largest absolute Gasteiger partial charge is 0.396 e. The minimum atomic E-state index is -0.271. The number of nitrogen functional groups attached to an aromatic ring is 1. The number of hydrogen-bond acceptors (Lipinski definition) is 5. The van der Waals surface area contributed by atoms with Gasteiger partial charge in [-0.3, -0.25) is 15.3 Å². The number of amides is 1. The molecule has 1 aromatic heterocycles. The molecule has 1 aromatic rings. The smallest absolute Gasteiger partial charge is 0.285 e. The van der Waals surface area contributed by atoms with Crippen LogP contribution < -0.4 is 11.2 Å². The number of anilines is 1. The van der Waals surface area contributed by atoms with Crippen molar-refractivity contribution in [2.75, 3.05) is 32.0 Å². The molecule has 0 aromatic carbocycles. The van der Waals surface area contributed by atoms with Gasteiger partial charge in [-0.1, -0.05) is 0 Å². The Bertz CT molecular complexity index is 345. The van der Waals surface area contributed by atoms with Gasteiger partial charge in [0, 0.05) is 13.1 Å². The lowest BCUT2D eigenvalue weighted by molar-refractivity contribution is 0.0125. The average Bonchev–Trinajstić information content (AvgIpc) is 2.66. The molecule has 1 aliphatic rings. The van der Waals surface area contributed by atoms with E-state index in [0.717, 1.165) is 0 Å². The van der Waals surface area contributed by atoms with Gasteiger partial charge in [-0.2, -0.15) is 5.10 Å². The summed E-state index contributed by atoms with van der Waals surface area (Å²) in [6, 6.07) is 0. The first-order valence-corrected chi connectivity index (χ1v) is 4.70. The van der Waals surface area contributed by atoms with E-state index in [2.05, 4.69) is 15.6 Å². The van der Waals surface area contributed by atoms with Gasteiger partial charge in [0.1, 0.15) is 5.69 Å². The van der Waals surface area contributed by atoms with E-state index in [-0.39, 0.29) is 5.91 Å². The molecule has 0 radical (unpaired) electrons. The van der Waals surface area contributed by atoms with E-state index < -0.39 is 0 Å². The number of ether oxygens (including phenoxy) is 1. The highest BCUT2D eigenvalue weighted by molar-refractivity contribution is 5.96. The lowest BCUT2D eigenvalue weighted by Gasteiger charge is -2.26. The fraction of sp³-hybridized carbons (Fsp3) is 0.500. The van der Waals surface area contributed by atoms with Crippen LogP contribution in [0.1, 0.15) is 10.5 Å². The topological polar surface area (TPSA) is 96.3 Å². The number of hydrazine groups is 1. The number of nitrogens with one attached hydrogen (secondary N) is 2. The lowest BCUT2D eigenvalue weighted by Crippen LogP contribution is -2.48. The Kier molecular flexibility index (Phi) is 2.84. The van der Waals surface area contributed by atoms with Gasteiger partial charge in [0.2, 0.25) is 0 Å². The molecular formula is C8H13N5O2. The Balaban J connectivity index is 1.94. The Labute approximate surface area is 86.5 Å². The highest BCUT2D eigenvalue weighted by Gasteiger charge is 2.16. The molecule has 0 atom stereocenters. The zero-order valence-corrected chi connectivity index (χ0v) is 8.19. The number of nitrogens with zero attached hydrogens (tertiary/aromatic N) is 2. The molecule has 1 amide bonds. The van der Waals surface area contributed by atoms with Crippen LogP contribution in [0.2, 0.25) is 0 Å². The maximum atomic E-state index is 11.6. The van der Waals surface area contributed by atoms with E-state index in [4.69, 9.17) is 10.5 Å². The quantitative estimate of drug-likeness (QED) is 0.581. The van der Waals surface area contributed by atoms with Crippen molar-refractivity contribution in [3.05, 3.63) is 11.9 Å². The van der Waals surface area contributed by atoms with Crippen LogP contribution in [-0.4, -0.2) is 47.4 Å². The SMILES string of the molecule is Nc1cn[nH]c1C(=O)NN1CCOCC1. The summed E-state index contributed by atoms with van der Waals surface area (Å²) < 4.78 is 5.16. The first-order chi connectivity index (χ1) is 7.27. The summed E-state index contributed by atoms with van der Waals surface area (Å²) in [4.78, 5) is 11.6. The summed E-state index contributed by atoms with van der Waals surface area (Å²) in [6.45, 7) is 2.61. The highest BCUT2D eigenvalue weighted by Crippen LogP contribution is 2.05. The first-order valence-electron chi connectivity index (χ1n) is 4.70. The van der Waals surface area contributed by atoms with Gasteiger partial charge in [0.15, 0.2) is 0 Å². The Morgan fingerprint density at radius 3 is 2.93 bits per heavy atom. The Hall–Kier alpha value is -1.60. The summed E-state index contributed by atoms with van der Waals surface area (Å²) in [5, 5.41) is 8.03. The van der Waals surface area contributed by atoms with Crippen LogP contribution in [0.15, 0.2) is 6.20 Å². The molecule has 1 fully saturated rings. The summed E-state index contributed by atoms with van der Waals surface area (Å²) in [5.41, 5.74) is 8.91. The predicted octanol–water partition coefficient (Wildman–Crippen LogP) is -1.03. The molecule has 0 bridgehead atoms. The number of rotatable bonds is 2. The fourth-order valence-electron chi connectivity index (χ4n) is 1.35. The minimum absolute atomic E-state index is 0.271. The molecule has 0 saturated carbocycles. The summed E-state index contributed by atoms with van der Waals surface area (Å²) in [5.74, 6) is -0.271. The van der Waals surface area contributed by atoms with Crippen LogP contribution in [0.4, 0.5) is 5.69 Å².